The second-order valence-electron chi connectivity index (χ2n) is 7.55. The van der Waals surface area contributed by atoms with Gasteiger partial charge >= 0.3 is 0 Å². The Hall–Kier alpha value is -3.02. The van der Waals surface area contributed by atoms with Crippen LogP contribution < -0.4 is 0 Å². The monoisotopic (exact) mass is 392 g/mol. The van der Waals surface area contributed by atoms with Crippen LogP contribution in [-0.2, 0) is 24.2 Å². The van der Waals surface area contributed by atoms with Crippen molar-refractivity contribution in [2.75, 3.05) is 0 Å². The molecule has 1 aromatic heterocycles. The molecule has 0 atom stereocenters. The number of ketones is 2. The van der Waals surface area contributed by atoms with Crippen molar-refractivity contribution < 1.29 is 19.2 Å². The molecule has 1 saturated carbocycles. The quantitative estimate of drug-likeness (QED) is 0.604. The van der Waals surface area contributed by atoms with Crippen molar-refractivity contribution >= 4 is 17.3 Å². The van der Waals surface area contributed by atoms with Crippen LogP contribution in [0.2, 0.25) is 0 Å². The van der Waals surface area contributed by atoms with E-state index in [2.05, 4.69) is 10.1 Å². The minimum absolute atomic E-state index is 0.0292. The molecule has 0 unspecified atom stereocenters. The second-order valence-corrected chi connectivity index (χ2v) is 7.55. The van der Waals surface area contributed by atoms with Gasteiger partial charge in [0.05, 0.1) is 23.4 Å². The van der Waals surface area contributed by atoms with Crippen LogP contribution in [0.3, 0.4) is 0 Å². The predicted molar refractivity (Wildman–Crippen MR) is 108 cm³/mol. The van der Waals surface area contributed by atoms with E-state index in [9.17, 15) is 14.7 Å². The maximum absolute atomic E-state index is 12.5. The molecule has 6 nitrogen and oxygen atoms in total. The lowest BCUT2D eigenvalue weighted by atomic mass is 9.88. The van der Waals surface area contributed by atoms with E-state index in [0.717, 1.165) is 24.8 Å². The number of Topliss-reactive ketones (excluding diaryl/α,β-unsaturated/α-hetero) is 2. The number of allylic oxidation sites excluding steroid dienone is 2. The zero-order valence-electron chi connectivity index (χ0n) is 16.3. The van der Waals surface area contributed by atoms with Crippen LogP contribution in [0.25, 0.3) is 0 Å². The summed E-state index contributed by atoms with van der Waals surface area (Å²) >= 11 is 0. The molecule has 0 radical (unpaired) electrons. The number of nitrogens with zero attached hydrogens (tertiary/aromatic N) is 2. The van der Waals surface area contributed by atoms with Crippen LogP contribution in [0.4, 0.5) is 0 Å². The van der Waals surface area contributed by atoms with Gasteiger partial charge in [-0.05, 0) is 24.8 Å². The van der Waals surface area contributed by atoms with Crippen molar-refractivity contribution in [3.63, 3.8) is 0 Å². The van der Waals surface area contributed by atoms with Gasteiger partial charge in [0.15, 0.2) is 11.6 Å². The minimum Gasteiger partial charge on any atom is -0.511 e. The van der Waals surface area contributed by atoms with E-state index in [-0.39, 0.29) is 23.7 Å². The molecule has 2 aromatic rings. The number of aliphatic imine (C=N–C) groups is 1. The summed E-state index contributed by atoms with van der Waals surface area (Å²) in [5.41, 5.74) is 3.21. The van der Waals surface area contributed by atoms with Gasteiger partial charge in [0.25, 0.3) is 0 Å². The fourth-order valence-electron chi connectivity index (χ4n) is 4.00. The molecular weight excluding hydrogens is 368 g/mol. The van der Waals surface area contributed by atoms with Crippen LogP contribution in [0.15, 0.2) is 51.2 Å². The fourth-order valence-corrected chi connectivity index (χ4v) is 4.00. The fraction of sp³-hybridized carbons (Fsp3) is 0.391. The van der Waals surface area contributed by atoms with E-state index in [1.165, 1.54) is 0 Å². The number of benzene rings is 1. The summed E-state index contributed by atoms with van der Waals surface area (Å²) in [4.78, 5) is 29.3. The van der Waals surface area contributed by atoms with Crippen molar-refractivity contribution in [3.05, 3.63) is 64.2 Å². The van der Waals surface area contributed by atoms with Crippen molar-refractivity contribution in [2.24, 2.45) is 4.99 Å². The first-order valence-electron chi connectivity index (χ1n) is 10.2. The lowest BCUT2D eigenvalue weighted by molar-refractivity contribution is -0.115. The normalized spacial score (nSPS) is 20.1. The highest BCUT2D eigenvalue weighted by molar-refractivity contribution is 6.24. The summed E-state index contributed by atoms with van der Waals surface area (Å²) in [7, 11) is 0. The summed E-state index contributed by atoms with van der Waals surface area (Å²) in [6.45, 7) is 0.478. The highest BCUT2D eigenvalue weighted by Crippen LogP contribution is 2.27. The molecule has 0 saturated heterocycles. The molecule has 1 aromatic carbocycles. The van der Waals surface area contributed by atoms with Crippen molar-refractivity contribution in [1.29, 1.82) is 0 Å². The molecule has 29 heavy (non-hydrogen) atoms. The molecular formula is C23H24N2O4. The Kier molecular flexibility index (Phi) is 5.69. The minimum atomic E-state index is -0.0705. The number of carbonyl (C=O) groups excluding carboxylic acids is 2. The largest absolute Gasteiger partial charge is 0.511 e. The van der Waals surface area contributed by atoms with Crippen LogP contribution in [-0.4, -0.2) is 27.5 Å². The van der Waals surface area contributed by atoms with E-state index < -0.39 is 0 Å². The third kappa shape index (κ3) is 4.21. The number of hydrogen-bond acceptors (Lipinski definition) is 6. The lowest BCUT2D eigenvalue weighted by Gasteiger charge is -2.18. The van der Waals surface area contributed by atoms with E-state index in [0.29, 0.717) is 60.5 Å². The Morgan fingerprint density at radius 3 is 2.62 bits per heavy atom. The summed E-state index contributed by atoms with van der Waals surface area (Å²) in [5, 5.41) is 14.8. The molecule has 2 aliphatic carbocycles. The predicted octanol–water partition coefficient (Wildman–Crippen LogP) is 4.33. The van der Waals surface area contributed by atoms with Crippen molar-refractivity contribution in [2.45, 2.75) is 57.9 Å². The van der Waals surface area contributed by atoms with Gasteiger partial charge in [-0.2, -0.15) is 0 Å². The van der Waals surface area contributed by atoms with E-state index >= 15 is 0 Å². The van der Waals surface area contributed by atoms with Gasteiger partial charge in [-0.1, -0.05) is 35.5 Å². The van der Waals surface area contributed by atoms with Gasteiger partial charge in [-0.3, -0.25) is 14.6 Å². The standard InChI is InChI=1S/C23H24N2O4/c26-18-9-4-8-16(24-14-15-6-2-1-3-7-15)22(18)20(28)13-12-17-23-19(27)10-5-11-21(23)29-25-17/h1-3,6-7,28H,4-5,8-14H2/b22-20-,24-16?. The van der Waals surface area contributed by atoms with Gasteiger partial charge < -0.3 is 9.63 Å². The van der Waals surface area contributed by atoms with E-state index in [1.54, 1.807) is 0 Å². The Bertz CT molecular complexity index is 986. The van der Waals surface area contributed by atoms with Gasteiger partial charge in [-0.25, -0.2) is 0 Å². The molecule has 4 rings (SSSR count). The molecule has 0 spiro atoms. The van der Waals surface area contributed by atoms with Crippen LogP contribution in [0.5, 0.6) is 0 Å². The summed E-state index contributed by atoms with van der Waals surface area (Å²) in [6.07, 6.45) is 4.44. The number of aliphatic hydroxyl groups is 1. The highest BCUT2D eigenvalue weighted by atomic mass is 16.5. The van der Waals surface area contributed by atoms with Crippen LogP contribution in [0, 0.1) is 0 Å². The zero-order chi connectivity index (χ0) is 20.2. The molecule has 0 amide bonds. The Labute approximate surface area is 169 Å². The zero-order valence-corrected chi connectivity index (χ0v) is 16.3. The SMILES string of the molecule is O=C1CCCC(=NCc2ccccc2)/C1=C(/O)CCc1noc2c1C(=O)CCC2. The maximum Gasteiger partial charge on any atom is 0.168 e. The summed E-state index contributed by atoms with van der Waals surface area (Å²) < 4.78 is 5.31. The topological polar surface area (TPSA) is 92.8 Å². The average Bonchev–Trinajstić information content (AvgIpc) is 3.16. The Morgan fingerprint density at radius 1 is 1.03 bits per heavy atom. The molecule has 1 heterocycles. The van der Waals surface area contributed by atoms with E-state index in [4.69, 9.17) is 4.52 Å². The van der Waals surface area contributed by atoms with Crippen molar-refractivity contribution in [3.8, 4) is 0 Å². The number of carbonyl (C=O) groups is 2. The molecule has 150 valence electrons. The number of aryl methyl sites for hydroxylation is 2. The molecule has 0 aliphatic heterocycles. The third-order valence-electron chi connectivity index (χ3n) is 5.49. The molecule has 2 aliphatic rings. The smallest absolute Gasteiger partial charge is 0.168 e. The first-order chi connectivity index (χ1) is 14.1. The van der Waals surface area contributed by atoms with Gasteiger partial charge in [0.1, 0.15) is 11.5 Å². The molecule has 1 N–H and O–H groups in total. The number of hydrogen-bond donors (Lipinski definition) is 1. The van der Waals surface area contributed by atoms with Gasteiger partial charge in [0, 0.05) is 37.8 Å². The number of aliphatic hydroxyl groups excluding tert-OH is 1. The average molecular weight is 392 g/mol. The Balaban J connectivity index is 1.53. The first kappa shape index (κ1) is 19.3. The second kappa shape index (κ2) is 8.55. The summed E-state index contributed by atoms with van der Waals surface area (Å²) in [5.74, 6) is 0.649. The molecule has 0 bridgehead atoms. The van der Waals surface area contributed by atoms with Crippen LogP contribution >= 0.6 is 0 Å². The number of rotatable bonds is 5. The summed E-state index contributed by atoms with van der Waals surface area (Å²) in [6, 6.07) is 9.84. The first-order valence-corrected chi connectivity index (χ1v) is 10.2. The van der Waals surface area contributed by atoms with Crippen molar-refractivity contribution in [1.82, 2.24) is 5.16 Å². The molecule has 6 heteroatoms. The molecule has 1 fully saturated rings. The highest BCUT2D eigenvalue weighted by Gasteiger charge is 2.28. The number of fused-ring (bicyclic) bond motifs is 1. The van der Waals surface area contributed by atoms with E-state index in [1.807, 2.05) is 30.3 Å². The maximum atomic E-state index is 12.5. The third-order valence-corrected chi connectivity index (χ3v) is 5.49. The van der Waals surface area contributed by atoms with Gasteiger partial charge in [0.2, 0.25) is 0 Å². The lowest BCUT2D eigenvalue weighted by Crippen LogP contribution is -2.22. The van der Waals surface area contributed by atoms with Gasteiger partial charge in [-0.15, -0.1) is 0 Å². The Morgan fingerprint density at radius 2 is 1.79 bits per heavy atom. The van der Waals surface area contributed by atoms with Crippen LogP contribution in [0.1, 0.15) is 65.9 Å². The number of aromatic nitrogens is 1.